The van der Waals surface area contributed by atoms with Crippen LogP contribution in [0.3, 0.4) is 0 Å². The molecule has 0 aliphatic carbocycles. The van der Waals surface area contributed by atoms with E-state index in [4.69, 9.17) is 19.9 Å². The lowest BCUT2D eigenvalue weighted by atomic mass is 9.99. The molecule has 3 N–H and O–H groups in total. The largest absolute Gasteiger partial charge is 0.379 e. The molecule has 0 spiro atoms. The highest BCUT2D eigenvalue weighted by atomic mass is 16.5. The molecule has 2 aliphatic rings. The monoisotopic (exact) mass is 272 g/mol. The smallest absolute Gasteiger partial charge is 0.242 e. The van der Waals surface area contributed by atoms with Crippen LogP contribution in [0.5, 0.6) is 0 Å². The summed E-state index contributed by atoms with van der Waals surface area (Å²) in [5.41, 5.74) is 5.11. The third-order valence-electron chi connectivity index (χ3n) is 3.58. The molecule has 2 rings (SSSR count). The van der Waals surface area contributed by atoms with Crippen LogP contribution in [0.1, 0.15) is 25.7 Å². The van der Waals surface area contributed by atoms with Gasteiger partial charge in [0.25, 0.3) is 0 Å². The van der Waals surface area contributed by atoms with Crippen molar-refractivity contribution in [3.8, 4) is 0 Å². The Morgan fingerprint density at radius 1 is 1.47 bits per heavy atom. The van der Waals surface area contributed by atoms with E-state index in [1.807, 2.05) is 0 Å². The Morgan fingerprint density at radius 3 is 3.05 bits per heavy atom. The molecule has 0 aromatic carbocycles. The van der Waals surface area contributed by atoms with Crippen LogP contribution in [0.4, 0.5) is 0 Å². The third-order valence-corrected chi connectivity index (χ3v) is 3.58. The summed E-state index contributed by atoms with van der Waals surface area (Å²) in [5.74, 6) is -0.121. The minimum absolute atomic E-state index is 0.121. The molecule has 6 nitrogen and oxygen atoms in total. The summed E-state index contributed by atoms with van der Waals surface area (Å²) in [5, 5.41) is 2.84. The van der Waals surface area contributed by atoms with E-state index in [-0.39, 0.29) is 12.0 Å². The van der Waals surface area contributed by atoms with E-state index in [0.29, 0.717) is 39.4 Å². The van der Waals surface area contributed by atoms with Gasteiger partial charge in [-0.3, -0.25) is 4.79 Å². The zero-order valence-electron chi connectivity index (χ0n) is 11.4. The number of hydrogen-bond acceptors (Lipinski definition) is 5. The van der Waals surface area contributed by atoms with Crippen molar-refractivity contribution in [2.75, 3.05) is 39.6 Å². The fourth-order valence-corrected chi connectivity index (χ4v) is 2.30. The van der Waals surface area contributed by atoms with Gasteiger partial charge in [0.2, 0.25) is 5.91 Å². The van der Waals surface area contributed by atoms with E-state index in [1.165, 1.54) is 0 Å². The topological polar surface area (TPSA) is 82.8 Å². The number of carbonyl (C=O) groups excluding carboxylic acids is 1. The van der Waals surface area contributed by atoms with Crippen LogP contribution >= 0.6 is 0 Å². The van der Waals surface area contributed by atoms with Gasteiger partial charge >= 0.3 is 0 Å². The molecule has 19 heavy (non-hydrogen) atoms. The normalized spacial score (nSPS) is 30.7. The van der Waals surface area contributed by atoms with E-state index >= 15 is 0 Å². The zero-order chi connectivity index (χ0) is 13.6. The SMILES string of the molecule is NC1(C(=O)NCCCOCC2CCCO2)CCOC1. The lowest BCUT2D eigenvalue weighted by molar-refractivity contribution is -0.126. The van der Waals surface area contributed by atoms with Gasteiger partial charge in [0, 0.05) is 26.4 Å². The quantitative estimate of drug-likeness (QED) is 0.628. The Morgan fingerprint density at radius 2 is 2.37 bits per heavy atom. The fraction of sp³-hybridized carbons (Fsp3) is 0.923. The van der Waals surface area contributed by atoms with Crippen LogP contribution in [0.25, 0.3) is 0 Å². The molecule has 0 saturated carbocycles. The van der Waals surface area contributed by atoms with Crippen molar-refractivity contribution < 1.29 is 19.0 Å². The number of nitrogens with two attached hydrogens (primary N) is 1. The van der Waals surface area contributed by atoms with Crippen molar-refractivity contribution in [2.24, 2.45) is 5.73 Å². The van der Waals surface area contributed by atoms with Gasteiger partial charge in [0.1, 0.15) is 5.54 Å². The standard InChI is InChI=1S/C13H24N2O4/c14-13(4-8-18-10-13)12(16)15-5-2-6-17-9-11-3-1-7-19-11/h11H,1-10,14H2,(H,15,16). The molecule has 0 aromatic heterocycles. The maximum atomic E-state index is 11.8. The predicted octanol–water partition coefficient (Wildman–Crippen LogP) is -0.194. The number of carbonyl (C=O) groups is 1. The molecule has 0 bridgehead atoms. The van der Waals surface area contributed by atoms with E-state index < -0.39 is 5.54 Å². The summed E-state index contributed by atoms with van der Waals surface area (Å²) in [6.07, 6.45) is 3.86. The second kappa shape index (κ2) is 7.19. The lowest BCUT2D eigenvalue weighted by Crippen LogP contribution is -2.54. The molecule has 2 aliphatic heterocycles. The number of hydrogen-bond donors (Lipinski definition) is 2. The maximum absolute atomic E-state index is 11.8. The summed E-state index contributed by atoms with van der Waals surface area (Å²) >= 11 is 0. The van der Waals surface area contributed by atoms with Gasteiger partial charge in [-0.15, -0.1) is 0 Å². The number of rotatable bonds is 7. The highest BCUT2D eigenvalue weighted by Crippen LogP contribution is 2.15. The molecule has 2 atom stereocenters. The number of nitrogens with one attached hydrogen (secondary N) is 1. The average Bonchev–Trinajstić information content (AvgIpc) is 3.05. The van der Waals surface area contributed by atoms with Crippen LogP contribution in [-0.4, -0.2) is 57.1 Å². The summed E-state index contributed by atoms with van der Waals surface area (Å²) in [6.45, 7) is 3.60. The van der Waals surface area contributed by atoms with E-state index in [1.54, 1.807) is 0 Å². The Kier molecular flexibility index (Phi) is 5.57. The average molecular weight is 272 g/mol. The van der Waals surface area contributed by atoms with Crippen molar-refractivity contribution in [2.45, 2.75) is 37.3 Å². The van der Waals surface area contributed by atoms with Gasteiger partial charge in [-0.05, 0) is 25.7 Å². The van der Waals surface area contributed by atoms with Gasteiger partial charge in [-0.1, -0.05) is 0 Å². The van der Waals surface area contributed by atoms with Crippen molar-refractivity contribution in [3.63, 3.8) is 0 Å². The van der Waals surface area contributed by atoms with Gasteiger partial charge in [-0.2, -0.15) is 0 Å². The minimum Gasteiger partial charge on any atom is -0.379 e. The predicted molar refractivity (Wildman–Crippen MR) is 69.8 cm³/mol. The first-order valence-corrected chi connectivity index (χ1v) is 7.05. The molecular formula is C13H24N2O4. The van der Waals surface area contributed by atoms with Crippen molar-refractivity contribution in [1.82, 2.24) is 5.32 Å². The summed E-state index contributed by atoms with van der Waals surface area (Å²) < 4.78 is 16.1. The molecule has 0 radical (unpaired) electrons. The Balaban J connectivity index is 1.48. The van der Waals surface area contributed by atoms with Gasteiger partial charge < -0.3 is 25.3 Å². The van der Waals surface area contributed by atoms with Gasteiger partial charge in [0.15, 0.2) is 0 Å². The van der Waals surface area contributed by atoms with E-state index in [0.717, 1.165) is 25.9 Å². The molecule has 2 unspecified atom stereocenters. The van der Waals surface area contributed by atoms with Crippen molar-refractivity contribution in [3.05, 3.63) is 0 Å². The Hall–Kier alpha value is -0.690. The van der Waals surface area contributed by atoms with Crippen LogP contribution in [0, 0.1) is 0 Å². The second-order valence-electron chi connectivity index (χ2n) is 5.28. The lowest BCUT2D eigenvalue weighted by Gasteiger charge is -2.20. The molecular weight excluding hydrogens is 248 g/mol. The highest BCUT2D eigenvalue weighted by Gasteiger charge is 2.37. The fourth-order valence-electron chi connectivity index (χ4n) is 2.30. The van der Waals surface area contributed by atoms with Crippen LogP contribution in [0.2, 0.25) is 0 Å². The molecule has 6 heteroatoms. The van der Waals surface area contributed by atoms with E-state index in [2.05, 4.69) is 5.32 Å². The Labute approximate surface area is 113 Å². The van der Waals surface area contributed by atoms with Gasteiger partial charge in [0.05, 0.1) is 19.3 Å². The Bertz CT molecular complexity index is 286. The molecule has 110 valence electrons. The van der Waals surface area contributed by atoms with Crippen LogP contribution in [0.15, 0.2) is 0 Å². The van der Waals surface area contributed by atoms with Crippen LogP contribution in [-0.2, 0) is 19.0 Å². The third kappa shape index (κ3) is 4.42. The van der Waals surface area contributed by atoms with Gasteiger partial charge in [-0.25, -0.2) is 0 Å². The maximum Gasteiger partial charge on any atom is 0.242 e. The van der Waals surface area contributed by atoms with Crippen molar-refractivity contribution >= 4 is 5.91 Å². The molecule has 2 saturated heterocycles. The van der Waals surface area contributed by atoms with Crippen LogP contribution < -0.4 is 11.1 Å². The second-order valence-corrected chi connectivity index (χ2v) is 5.28. The summed E-state index contributed by atoms with van der Waals surface area (Å²) in [7, 11) is 0. The minimum atomic E-state index is -0.835. The first kappa shape index (κ1) is 14.7. The molecule has 1 amide bonds. The van der Waals surface area contributed by atoms with Crippen molar-refractivity contribution in [1.29, 1.82) is 0 Å². The van der Waals surface area contributed by atoms with E-state index in [9.17, 15) is 4.79 Å². The first-order valence-electron chi connectivity index (χ1n) is 7.05. The number of ether oxygens (including phenoxy) is 3. The number of amides is 1. The first-order chi connectivity index (χ1) is 9.21. The summed E-state index contributed by atoms with van der Waals surface area (Å²) in [4.78, 5) is 11.8. The highest BCUT2D eigenvalue weighted by molar-refractivity contribution is 5.86. The molecule has 2 fully saturated rings. The zero-order valence-corrected chi connectivity index (χ0v) is 11.4. The molecule has 2 heterocycles. The molecule has 0 aromatic rings. The summed E-state index contributed by atoms with van der Waals surface area (Å²) in [6, 6.07) is 0.